The molecule has 112 valence electrons. The van der Waals surface area contributed by atoms with Gasteiger partial charge in [-0.25, -0.2) is 9.67 Å². The summed E-state index contributed by atoms with van der Waals surface area (Å²) in [6.07, 6.45) is 1.07. The number of nitrogens with zero attached hydrogens (tertiary/aromatic N) is 5. The topological polar surface area (TPSA) is 38.9 Å². The van der Waals surface area contributed by atoms with Gasteiger partial charge in [0.05, 0.1) is 11.1 Å². The number of rotatable bonds is 6. The van der Waals surface area contributed by atoms with E-state index in [9.17, 15) is 0 Å². The average molecular weight is 298 g/mol. The van der Waals surface area contributed by atoms with Crippen molar-refractivity contribution in [3.8, 4) is 0 Å². The molecule has 0 radical (unpaired) electrons. The molecule has 0 aliphatic heterocycles. The van der Waals surface area contributed by atoms with Crippen LogP contribution in [0.4, 0.5) is 0 Å². The molecule has 0 fully saturated rings. The Bertz CT molecular complexity index is 582. The molecule has 1 unspecified atom stereocenters. The van der Waals surface area contributed by atoms with Crippen LogP contribution < -0.4 is 0 Å². The number of aromatic nitrogens is 4. The number of fused-ring (bicyclic) bond motifs is 1. The fraction of sp³-hybridized carbons (Fsp3) is 0.714. The third-order valence-electron chi connectivity index (χ3n) is 3.47. The number of halogens is 1. The highest BCUT2D eigenvalue weighted by Crippen LogP contribution is 2.26. The van der Waals surface area contributed by atoms with Gasteiger partial charge in [-0.05, 0) is 47.8 Å². The second-order valence-electron chi connectivity index (χ2n) is 5.47. The number of imidazole rings is 1. The third kappa shape index (κ3) is 2.83. The minimum atomic E-state index is -0.0912. The molecular formula is C14H24ClN5. The van der Waals surface area contributed by atoms with E-state index in [1.165, 1.54) is 0 Å². The lowest BCUT2D eigenvalue weighted by molar-refractivity contribution is 0.385. The lowest BCUT2D eigenvalue weighted by Crippen LogP contribution is -2.17. The van der Waals surface area contributed by atoms with E-state index in [1.807, 2.05) is 18.5 Å². The van der Waals surface area contributed by atoms with Crippen molar-refractivity contribution in [1.29, 1.82) is 0 Å². The van der Waals surface area contributed by atoms with Gasteiger partial charge < -0.3 is 9.47 Å². The monoisotopic (exact) mass is 297 g/mol. The smallest absolute Gasteiger partial charge is 0.158 e. The Labute approximate surface area is 125 Å². The summed E-state index contributed by atoms with van der Waals surface area (Å²) < 4.78 is 4.26. The number of aryl methyl sites for hydroxylation is 3. The SMILES string of the molecule is CCn1nc(C)c2nc(C(C)Cl)n(CCCN(C)C)c21. The van der Waals surface area contributed by atoms with Gasteiger partial charge >= 0.3 is 0 Å². The number of hydrogen-bond donors (Lipinski definition) is 0. The normalized spacial score (nSPS) is 13.6. The first-order valence-corrected chi connectivity index (χ1v) is 7.61. The summed E-state index contributed by atoms with van der Waals surface area (Å²) in [5.41, 5.74) is 3.07. The predicted octanol–water partition coefficient (Wildman–Crippen LogP) is 2.81. The maximum atomic E-state index is 6.30. The van der Waals surface area contributed by atoms with Gasteiger partial charge in [0.2, 0.25) is 0 Å². The molecule has 1 atom stereocenters. The molecule has 2 aromatic heterocycles. The van der Waals surface area contributed by atoms with Crippen LogP contribution in [0.25, 0.3) is 11.2 Å². The largest absolute Gasteiger partial charge is 0.312 e. The Morgan fingerprint density at radius 1 is 1.35 bits per heavy atom. The van der Waals surface area contributed by atoms with E-state index in [2.05, 4.69) is 35.6 Å². The van der Waals surface area contributed by atoms with Crippen LogP contribution in [0.2, 0.25) is 0 Å². The second kappa shape index (κ2) is 6.14. The highest BCUT2D eigenvalue weighted by molar-refractivity contribution is 6.20. The summed E-state index contributed by atoms with van der Waals surface area (Å²) in [4.78, 5) is 6.91. The lowest BCUT2D eigenvalue weighted by atomic mass is 10.3. The van der Waals surface area contributed by atoms with Crippen molar-refractivity contribution in [3.05, 3.63) is 11.5 Å². The van der Waals surface area contributed by atoms with Gasteiger partial charge in [-0.3, -0.25) is 0 Å². The van der Waals surface area contributed by atoms with E-state index in [0.717, 1.165) is 48.7 Å². The number of hydrogen-bond acceptors (Lipinski definition) is 3. The first-order chi connectivity index (χ1) is 9.45. The molecule has 2 rings (SSSR count). The van der Waals surface area contributed by atoms with Crippen molar-refractivity contribution in [2.75, 3.05) is 20.6 Å². The standard InChI is InChI=1S/C14H24ClN5/c1-6-20-14-12(11(3)17-20)16-13(10(2)15)19(14)9-7-8-18(4)5/h10H,6-9H2,1-5H3. The van der Waals surface area contributed by atoms with Crippen LogP contribution in [0.3, 0.4) is 0 Å². The quantitative estimate of drug-likeness (QED) is 0.770. The molecule has 0 amide bonds. The van der Waals surface area contributed by atoms with E-state index in [-0.39, 0.29) is 5.38 Å². The highest BCUT2D eigenvalue weighted by Gasteiger charge is 2.20. The van der Waals surface area contributed by atoms with Crippen molar-refractivity contribution in [2.45, 2.75) is 45.7 Å². The van der Waals surface area contributed by atoms with Crippen molar-refractivity contribution < 1.29 is 0 Å². The lowest BCUT2D eigenvalue weighted by Gasteiger charge is -2.14. The van der Waals surface area contributed by atoms with Crippen molar-refractivity contribution in [2.24, 2.45) is 0 Å². The average Bonchev–Trinajstić information content (AvgIpc) is 2.88. The Balaban J connectivity index is 2.44. The molecule has 0 aliphatic rings. The fourth-order valence-corrected chi connectivity index (χ4v) is 2.70. The Morgan fingerprint density at radius 2 is 2.05 bits per heavy atom. The molecule has 0 aliphatic carbocycles. The van der Waals surface area contributed by atoms with E-state index >= 15 is 0 Å². The molecule has 5 nitrogen and oxygen atoms in total. The molecule has 2 aromatic rings. The van der Waals surface area contributed by atoms with Gasteiger partial charge in [-0.15, -0.1) is 11.6 Å². The zero-order valence-electron chi connectivity index (χ0n) is 13.0. The van der Waals surface area contributed by atoms with Gasteiger partial charge in [-0.2, -0.15) is 5.10 Å². The van der Waals surface area contributed by atoms with Crippen molar-refractivity contribution in [1.82, 2.24) is 24.2 Å². The number of alkyl halides is 1. The highest BCUT2D eigenvalue weighted by atomic mass is 35.5. The van der Waals surface area contributed by atoms with Crippen LogP contribution in [0.15, 0.2) is 0 Å². The summed E-state index contributed by atoms with van der Waals surface area (Å²) in [5.74, 6) is 0.947. The van der Waals surface area contributed by atoms with Crippen molar-refractivity contribution >= 4 is 22.8 Å². The zero-order chi connectivity index (χ0) is 14.9. The van der Waals surface area contributed by atoms with Gasteiger partial charge in [0, 0.05) is 13.1 Å². The Morgan fingerprint density at radius 3 is 2.60 bits per heavy atom. The van der Waals surface area contributed by atoms with Gasteiger partial charge in [0.15, 0.2) is 5.65 Å². The molecule has 0 bridgehead atoms. The van der Waals surface area contributed by atoms with Crippen LogP contribution >= 0.6 is 11.6 Å². The molecule has 0 aromatic carbocycles. The molecular weight excluding hydrogens is 274 g/mol. The minimum Gasteiger partial charge on any atom is -0.312 e. The van der Waals surface area contributed by atoms with Gasteiger partial charge in [0.1, 0.15) is 11.3 Å². The third-order valence-corrected chi connectivity index (χ3v) is 3.67. The van der Waals surface area contributed by atoms with Crippen molar-refractivity contribution in [3.63, 3.8) is 0 Å². The molecule has 2 heterocycles. The van der Waals surface area contributed by atoms with E-state index in [0.29, 0.717) is 0 Å². The minimum absolute atomic E-state index is 0.0912. The molecule has 20 heavy (non-hydrogen) atoms. The zero-order valence-corrected chi connectivity index (χ0v) is 13.8. The van der Waals surface area contributed by atoms with Crippen LogP contribution in [0.5, 0.6) is 0 Å². The van der Waals surface area contributed by atoms with Crippen LogP contribution in [-0.4, -0.2) is 44.9 Å². The van der Waals surface area contributed by atoms with E-state index in [4.69, 9.17) is 16.6 Å². The molecule has 0 saturated carbocycles. The molecule has 0 spiro atoms. The second-order valence-corrected chi connectivity index (χ2v) is 6.12. The van der Waals surface area contributed by atoms with Gasteiger partial charge in [-0.1, -0.05) is 0 Å². The predicted molar refractivity (Wildman–Crippen MR) is 83.4 cm³/mol. The molecule has 0 saturated heterocycles. The summed E-state index contributed by atoms with van der Waals surface area (Å²) >= 11 is 6.30. The summed E-state index contributed by atoms with van der Waals surface area (Å²) in [6.45, 7) is 8.91. The van der Waals surface area contributed by atoms with Crippen LogP contribution in [0.1, 0.15) is 37.2 Å². The van der Waals surface area contributed by atoms with Gasteiger partial charge in [0.25, 0.3) is 0 Å². The maximum Gasteiger partial charge on any atom is 0.158 e. The summed E-state index contributed by atoms with van der Waals surface area (Å²) in [6, 6.07) is 0. The summed E-state index contributed by atoms with van der Waals surface area (Å²) in [5, 5.41) is 4.46. The van der Waals surface area contributed by atoms with E-state index in [1.54, 1.807) is 0 Å². The Kier molecular flexibility index (Phi) is 4.70. The fourth-order valence-electron chi connectivity index (χ4n) is 2.53. The summed E-state index contributed by atoms with van der Waals surface area (Å²) in [7, 11) is 4.18. The van der Waals surface area contributed by atoms with Crippen LogP contribution in [-0.2, 0) is 13.1 Å². The van der Waals surface area contributed by atoms with E-state index < -0.39 is 0 Å². The molecule has 0 N–H and O–H groups in total. The first kappa shape index (κ1) is 15.3. The van der Waals surface area contributed by atoms with Crippen LogP contribution in [0, 0.1) is 6.92 Å². The Hall–Kier alpha value is -1.07. The molecule has 6 heteroatoms. The maximum absolute atomic E-state index is 6.30. The first-order valence-electron chi connectivity index (χ1n) is 7.18.